The van der Waals surface area contributed by atoms with E-state index >= 15 is 0 Å². The van der Waals surface area contributed by atoms with Gasteiger partial charge in [0.25, 0.3) is 5.91 Å². The first-order chi connectivity index (χ1) is 13.3. The Labute approximate surface area is 156 Å². The molecule has 3 N–H and O–H groups in total. The van der Waals surface area contributed by atoms with Gasteiger partial charge in [0, 0.05) is 29.8 Å². The van der Waals surface area contributed by atoms with Crippen molar-refractivity contribution in [2.45, 2.75) is 24.9 Å². The second-order valence-corrected chi connectivity index (χ2v) is 7.17. The Hall–Kier alpha value is -2.84. The van der Waals surface area contributed by atoms with E-state index in [-0.39, 0.29) is 11.9 Å². The van der Waals surface area contributed by atoms with E-state index in [2.05, 4.69) is 26.4 Å². The fourth-order valence-electron chi connectivity index (χ4n) is 3.63. The maximum atomic E-state index is 12.4. The first-order valence-electron chi connectivity index (χ1n) is 9.19. The van der Waals surface area contributed by atoms with Crippen LogP contribution >= 0.6 is 0 Å². The number of amides is 1. The third-order valence-corrected chi connectivity index (χ3v) is 5.35. The van der Waals surface area contributed by atoms with Crippen molar-refractivity contribution in [1.82, 2.24) is 26.4 Å². The van der Waals surface area contributed by atoms with Crippen LogP contribution in [0.1, 0.15) is 23.3 Å². The SMILES string of the molecule is O=C(NC1CC(N2NNC=C2C2COC2)C1)c1cc(-c2ccccc2)on1. The van der Waals surface area contributed by atoms with Crippen LogP contribution < -0.4 is 16.3 Å². The molecule has 27 heavy (non-hydrogen) atoms. The maximum absolute atomic E-state index is 12.4. The van der Waals surface area contributed by atoms with Gasteiger partial charge in [0.2, 0.25) is 0 Å². The molecule has 0 radical (unpaired) electrons. The number of aromatic nitrogens is 1. The number of nitrogens with one attached hydrogen (secondary N) is 3. The Kier molecular flexibility index (Phi) is 4.06. The molecule has 1 amide bonds. The number of benzene rings is 1. The van der Waals surface area contributed by atoms with Crippen molar-refractivity contribution in [3.8, 4) is 11.3 Å². The van der Waals surface area contributed by atoms with Crippen LogP contribution in [0.15, 0.2) is 52.8 Å². The minimum Gasteiger partial charge on any atom is -0.380 e. The Balaban J connectivity index is 1.15. The number of nitrogens with zero attached hydrogens (tertiary/aromatic N) is 2. The Morgan fingerprint density at radius 1 is 1.22 bits per heavy atom. The molecule has 3 heterocycles. The van der Waals surface area contributed by atoms with E-state index in [0.29, 0.717) is 23.4 Å². The summed E-state index contributed by atoms with van der Waals surface area (Å²) in [5, 5.41) is 9.12. The normalized spacial score (nSPS) is 24.6. The first-order valence-corrected chi connectivity index (χ1v) is 9.19. The average molecular weight is 367 g/mol. The van der Waals surface area contributed by atoms with Crippen molar-refractivity contribution in [2.24, 2.45) is 5.92 Å². The zero-order valence-electron chi connectivity index (χ0n) is 14.7. The highest BCUT2D eigenvalue weighted by atomic mass is 16.5. The van der Waals surface area contributed by atoms with Gasteiger partial charge in [-0.15, -0.1) is 5.53 Å². The van der Waals surface area contributed by atoms with E-state index in [0.717, 1.165) is 31.6 Å². The average Bonchev–Trinajstić information content (AvgIpc) is 3.27. The van der Waals surface area contributed by atoms with E-state index < -0.39 is 0 Å². The van der Waals surface area contributed by atoms with Crippen LogP contribution in [0.3, 0.4) is 0 Å². The van der Waals surface area contributed by atoms with E-state index in [4.69, 9.17) is 9.26 Å². The molecule has 1 saturated carbocycles. The van der Waals surface area contributed by atoms with Crippen molar-refractivity contribution < 1.29 is 14.1 Å². The fourth-order valence-corrected chi connectivity index (χ4v) is 3.63. The molecule has 0 bridgehead atoms. The van der Waals surface area contributed by atoms with Crippen molar-refractivity contribution in [3.63, 3.8) is 0 Å². The van der Waals surface area contributed by atoms with Gasteiger partial charge in [0.05, 0.1) is 25.0 Å². The highest BCUT2D eigenvalue weighted by Gasteiger charge is 2.40. The van der Waals surface area contributed by atoms with Gasteiger partial charge in [-0.1, -0.05) is 35.5 Å². The van der Waals surface area contributed by atoms with E-state index in [1.54, 1.807) is 6.07 Å². The monoisotopic (exact) mass is 367 g/mol. The van der Waals surface area contributed by atoms with Gasteiger partial charge in [-0.2, -0.15) is 0 Å². The summed E-state index contributed by atoms with van der Waals surface area (Å²) >= 11 is 0. The fraction of sp³-hybridized carbons (Fsp3) is 0.368. The van der Waals surface area contributed by atoms with Crippen LogP contribution in [0.2, 0.25) is 0 Å². The van der Waals surface area contributed by atoms with Gasteiger partial charge in [-0.3, -0.25) is 9.80 Å². The van der Waals surface area contributed by atoms with Crippen molar-refractivity contribution >= 4 is 5.91 Å². The predicted octanol–water partition coefficient (Wildman–Crippen LogP) is 1.41. The summed E-state index contributed by atoms with van der Waals surface area (Å²) in [7, 11) is 0. The summed E-state index contributed by atoms with van der Waals surface area (Å²) in [6.45, 7) is 1.54. The van der Waals surface area contributed by atoms with Gasteiger partial charge in [0.1, 0.15) is 0 Å². The number of carbonyl (C=O) groups excluding carboxylic acids is 1. The number of carbonyl (C=O) groups is 1. The second kappa shape index (κ2) is 6.71. The quantitative estimate of drug-likeness (QED) is 0.736. The minimum absolute atomic E-state index is 0.140. The lowest BCUT2D eigenvalue weighted by Crippen LogP contribution is -2.58. The predicted molar refractivity (Wildman–Crippen MR) is 96.7 cm³/mol. The Morgan fingerprint density at radius 2 is 2.04 bits per heavy atom. The van der Waals surface area contributed by atoms with Gasteiger partial charge in [0.15, 0.2) is 11.5 Å². The Bertz CT molecular complexity index is 855. The summed E-state index contributed by atoms with van der Waals surface area (Å²) in [6.07, 6.45) is 3.77. The topological polar surface area (TPSA) is 91.7 Å². The number of ether oxygens (including phenoxy) is 1. The van der Waals surface area contributed by atoms with Crippen LogP contribution in [-0.2, 0) is 4.74 Å². The smallest absolute Gasteiger partial charge is 0.273 e. The maximum Gasteiger partial charge on any atom is 0.273 e. The van der Waals surface area contributed by atoms with Gasteiger partial charge in [-0.05, 0) is 12.8 Å². The number of rotatable bonds is 5. The van der Waals surface area contributed by atoms with Gasteiger partial charge in [-0.25, -0.2) is 0 Å². The molecule has 140 valence electrons. The van der Waals surface area contributed by atoms with Crippen LogP contribution in [0.4, 0.5) is 0 Å². The highest BCUT2D eigenvalue weighted by molar-refractivity contribution is 5.93. The van der Waals surface area contributed by atoms with Crippen LogP contribution in [-0.4, -0.2) is 41.4 Å². The highest BCUT2D eigenvalue weighted by Crippen LogP contribution is 2.33. The summed E-state index contributed by atoms with van der Waals surface area (Å²) in [4.78, 5) is 12.4. The number of hydrogen-bond acceptors (Lipinski definition) is 7. The van der Waals surface area contributed by atoms with E-state index in [1.165, 1.54) is 5.70 Å². The van der Waals surface area contributed by atoms with Crippen molar-refractivity contribution in [1.29, 1.82) is 0 Å². The third kappa shape index (κ3) is 3.07. The van der Waals surface area contributed by atoms with Gasteiger partial charge < -0.3 is 20.0 Å². The lowest BCUT2D eigenvalue weighted by Gasteiger charge is -2.44. The molecule has 5 rings (SSSR count). The molecule has 2 aliphatic heterocycles. The molecule has 0 spiro atoms. The zero-order valence-corrected chi connectivity index (χ0v) is 14.7. The summed E-state index contributed by atoms with van der Waals surface area (Å²) in [6, 6.07) is 11.8. The lowest BCUT2D eigenvalue weighted by molar-refractivity contribution is -0.0378. The molecule has 1 saturated heterocycles. The van der Waals surface area contributed by atoms with Crippen molar-refractivity contribution in [3.05, 3.63) is 54.0 Å². The zero-order chi connectivity index (χ0) is 18.2. The lowest BCUT2D eigenvalue weighted by atomic mass is 9.85. The largest absolute Gasteiger partial charge is 0.380 e. The summed E-state index contributed by atoms with van der Waals surface area (Å²) < 4.78 is 10.6. The number of hydrogen-bond donors (Lipinski definition) is 3. The number of hydrazine groups is 2. The molecule has 0 unspecified atom stereocenters. The van der Waals surface area contributed by atoms with Gasteiger partial charge >= 0.3 is 0 Å². The van der Waals surface area contributed by atoms with E-state index in [1.807, 2.05) is 36.5 Å². The standard InChI is InChI=1S/C19H21N5O3/c25-19(16-8-18(27-22-16)12-4-2-1-3-5-12)21-14-6-15(7-14)24-17(9-20-23-24)13-10-26-11-13/h1-5,8-9,13-15,20,23H,6-7,10-11H2,(H,21,25). The second-order valence-electron chi connectivity index (χ2n) is 7.17. The van der Waals surface area contributed by atoms with Crippen LogP contribution in [0.25, 0.3) is 11.3 Å². The molecule has 1 aromatic heterocycles. The van der Waals surface area contributed by atoms with Crippen LogP contribution in [0.5, 0.6) is 0 Å². The first kappa shape index (κ1) is 16.3. The molecule has 1 aromatic carbocycles. The molecule has 8 nitrogen and oxygen atoms in total. The molecule has 2 fully saturated rings. The molecule has 0 atom stereocenters. The van der Waals surface area contributed by atoms with E-state index in [9.17, 15) is 4.79 Å². The summed E-state index contributed by atoms with van der Waals surface area (Å²) in [5.41, 5.74) is 8.70. The molecule has 3 aliphatic rings. The third-order valence-electron chi connectivity index (χ3n) is 5.35. The molecule has 1 aliphatic carbocycles. The Morgan fingerprint density at radius 3 is 2.78 bits per heavy atom. The summed E-state index contributed by atoms with van der Waals surface area (Å²) in [5.74, 6) is 0.852. The molecule has 8 heteroatoms. The van der Waals surface area contributed by atoms with Crippen LogP contribution in [0, 0.1) is 5.92 Å². The van der Waals surface area contributed by atoms with Crippen molar-refractivity contribution in [2.75, 3.05) is 13.2 Å². The molecular formula is C19H21N5O3. The molecule has 2 aromatic rings. The minimum atomic E-state index is -0.194. The molecular weight excluding hydrogens is 346 g/mol.